The number of anilines is 2. The molecule has 0 unspecified atom stereocenters. The summed E-state index contributed by atoms with van der Waals surface area (Å²) in [6.45, 7) is 0. The van der Waals surface area contributed by atoms with E-state index in [2.05, 4.69) is 20.1 Å². The quantitative estimate of drug-likeness (QED) is 0.831. The number of nitrogens with one attached hydrogen (secondary N) is 1. The van der Waals surface area contributed by atoms with Gasteiger partial charge in [0.1, 0.15) is 0 Å². The lowest BCUT2D eigenvalue weighted by molar-refractivity contribution is 0.478. The number of fused-ring (bicyclic) bond motifs is 1. The van der Waals surface area contributed by atoms with Gasteiger partial charge < -0.3 is 11.1 Å². The molecule has 2 aromatic heterocycles. The van der Waals surface area contributed by atoms with Crippen molar-refractivity contribution in [3.8, 4) is 0 Å². The second kappa shape index (κ2) is 3.91. The number of nitrogens with zero attached hydrogens (tertiary/aromatic N) is 3. The van der Waals surface area contributed by atoms with E-state index in [4.69, 9.17) is 5.73 Å². The van der Waals surface area contributed by atoms with Gasteiger partial charge in [-0.3, -0.25) is 0 Å². The molecular weight excluding hydrogens is 214 g/mol. The molecule has 0 aliphatic heterocycles. The van der Waals surface area contributed by atoms with Gasteiger partial charge in [0.25, 0.3) is 0 Å². The number of hydrogen-bond donors (Lipinski definition) is 2. The van der Waals surface area contributed by atoms with Crippen LogP contribution in [0.15, 0.2) is 12.4 Å². The van der Waals surface area contributed by atoms with E-state index in [1.807, 2.05) is 13.2 Å². The van der Waals surface area contributed by atoms with Crippen molar-refractivity contribution >= 4 is 22.4 Å². The van der Waals surface area contributed by atoms with Crippen LogP contribution in [0.5, 0.6) is 0 Å². The molecule has 1 saturated carbocycles. The van der Waals surface area contributed by atoms with E-state index in [0.29, 0.717) is 11.7 Å². The maximum Gasteiger partial charge on any atom is 0.160 e. The van der Waals surface area contributed by atoms with Crippen LogP contribution in [-0.4, -0.2) is 21.8 Å². The van der Waals surface area contributed by atoms with Crippen molar-refractivity contribution < 1.29 is 0 Å². The molecule has 2 heterocycles. The van der Waals surface area contributed by atoms with Crippen LogP contribution < -0.4 is 11.1 Å². The van der Waals surface area contributed by atoms with Crippen molar-refractivity contribution in [3.63, 3.8) is 0 Å². The van der Waals surface area contributed by atoms with Gasteiger partial charge in [0.15, 0.2) is 5.65 Å². The SMILES string of the molecule is CNc1c(N)cnc2c1cnn2C1CCCC1. The number of hydrogen-bond acceptors (Lipinski definition) is 4. The van der Waals surface area contributed by atoms with Gasteiger partial charge in [-0.05, 0) is 12.8 Å². The lowest BCUT2D eigenvalue weighted by Crippen LogP contribution is -2.07. The van der Waals surface area contributed by atoms with Crippen LogP contribution in [0.3, 0.4) is 0 Å². The number of nitrogens with two attached hydrogens (primary N) is 1. The first-order valence-electron chi connectivity index (χ1n) is 6.10. The van der Waals surface area contributed by atoms with Crippen LogP contribution in [0.25, 0.3) is 11.0 Å². The Kier molecular flexibility index (Phi) is 2.39. The average molecular weight is 231 g/mol. The molecule has 1 aliphatic carbocycles. The highest BCUT2D eigenvalue weighted by Crippen LogP contribution is 2.33. The standard InChI is InChI=1S/C12H17N5/c1-14-11-9-6-16-17(8-4-2-3-5-8)12(9)15-7-10(11)13/h6-8H,2-5,13H2,1H3,(H,14,15). The van der Waals surface area contributed by atoms with E-state index in [0.717, 1.165) is 16.7 Å². The van der Waals surface area contributed by atoms with Gasteiger partial charge in [-0.25, -0.2) is 9.67 Å². The zero-order chi connectivity index (χ0) is 11.8. The normalized spacial score (nSPS) is 16.8. The zero-order valence-electron chi connectivity index (χ0n) is 9.98. The van der Waals surface area contributed by atoms with E-state index < -0.39 is 0 Å². The Hall–Kier alpha value is -1.78. The second-order valence-electron chi connectivity index (χ2n) is 4.60. The first-order valence-corrected chi connectivity index (χ1v) is 6.10. The molecule has 3 rings (SSSR count). The second-order valence-corrected chi connectivity index (χ2v) is 4.60. The predicted octanol–water partition coefficient (Wildman–Crippen LogP) is 2.17. The van der Waals surface area contributed by atoms with E-state index >= 15 is 0 Å². The summed E-state index contributed by atoms with van der Waals surface area (Å²) in [4.78, 5) is 4.43. The minimum Gasteiger partial charge on any atom is -0.396 e. The Bertz CT molecular complexity index is 539. The zero-order valence-corrected chi connectivity index (χ0v) is 9.98. The van der Waals surface area contributed by atoms with Crippen LogP contribution >= 0.6 is 0 Å². The van der Waals surface area contributed by atoms with Crippen LogP contribution in [0.4, 0.5) is 11.4 Å². The summed E-state index contributed by atoms with van der Waals surface area (Å²) in [6, 6.07) is 0.508. The van der Waals surface area contributed by atoms with Crippen LogP contribution in [-0.2, 0) is 0 Å². The molecule has 0 spiro atoms. The summed E-state index contributed by atoms with van der Waals surface area (Å²) in [7, 11) is 1.87. The molecule has 1 aliphatic rings. The predicted molar refractivity (Wildman–Crippen MR) is 69.0 cm³/mol. The van der Waals surface area contributed by atoms with Crippen molar-refractivity contribution in [2.24, 2.45) is 0 Å². The largest absolute Gasteiger partial charge is 0.396 e. The highest BCUT2D eigenvalue weighted by atomic mass is 15.3. The van der Waals surface area contributed by atoms with Crippen LogP contribution in [0, 0.1) is 0 Å². The molecule has 0 saturated heterocycles. The summed E-state index contributed by atoms with van der Waals surface area (Å²) in [6.07, 6.45) is 8.57. The summed E-state index contributed by atoms with van der Waals surface area (Å²) in [5.74, 6) is 0. The Morgan fingerprint density at radius 2 is 2.12 bits per heavy atom. The summed E-state index contributed by atoms with van der Waals surface area (Å²) in [5, 5.41) is 8.62. The number of rotatable bonds is 2. The van der Waals surface area contributed by atoms with E-state index in [1.165, 1.54) is 25.7 Å². The van der Waals surface area contributed by atoms with Crippen molar-refractivity contribution in [3.05, 3.63) is 12.4 Å². The first kappa shape index (κ1) is 10.4. The topological polar surface area (TPSA) is 68.8 Å². The van der Waals surface area contributed by atoms with Crippen molar-refractivity contribution in [2.45, 2.75) is 31.7 Å². The van der Waals surface area contributed by atoms with Crippen LogP contribution in [0.2, 0.25) is 0 Å². The van der Waals surface area contributed by atoms with Gasteiger partial charge >= 0.3 is 0 Å². The molecule has 0 radical (unpaired) electrons. The molecule has 17 heavy (non-hydrogen) atoms. The maximum absolute atomic E-state index is 5.90. The van der Waals surface area contributed by atoms with Crippen molar-refractivity contribution in [2.75, 3.05) is 18.1 Å². The van der Waals surface area contributed by atoms with Crippen molar-refractivity contribution in [1.82, 2.24) is 14.8 Å². The summed E-state index contributed by atoms with van der Waals surface area (Å²) >= 11 is 0. The fourth-order valence-electron chi connectivity index (χ4n) is 2.71. The minimum atomic E-state index is 0.508. The molecule has 1 fully saturated rings. The Balaban J connectivity index is 2.15. The maximum atomic E-state index is 5.90. The summed E-state index contributed by atoms with van der Waals surface area (Å²) in [5.41, 5.74) is 8.44. The average Bonchev–Trinajstić information content (AvgIpc) is 2.96. The lowest BCUT2D eigenvalue weighted by Gasteiger charge is -2.11. The molecule has 5 nitrogen and oxygen atoms in total. The van der Waals surface area contributed by atoms with Gasteiger partial charge in [-0.1, -0.05) is 12.8 Å². The molecule has 0 bridgehead atoms. The van der Waals surface area contributed by atoms with Gasteiger partial charge in [0.2, 0.25) is 0 Å². The Morgan fingerprint density at radius 1 is 1.35 bits per heavy atom. The van der Waals surface area contributed by atoms with Gasteiger partial charge in [0.05, 0.1) is 35.2 Å². The highest BCUT2D eigenvalue weighted by molar-refractivity contribution is 5.95. The third-order valence-electron chi connectivity index (χ3n) is 3.57. The summed E-state index contributed by atoms with van der Waals surface area (Å²) < 4.78 is 2.06. The molecule has 0 amide bonds. The fourth-order valence-corrected chi connectivity index (χ4v) is 2.71. The van der Waals surface area contributed by atoms with E-state index in [9.17, 15) is 0 Å². The molecule has 5 heteroatoms. The van der Waals surface area contributed by atoms with Gasteiger partial charge in [0, 0.05) is 7.05 Å². The third-order valence-corrected chi connectivity index (χ3v) is 3.57. The number of aromatic nitrogens is 3. The molecule has 0 aromatic carbocycles. The third kappa shape index (κ3) is 1.53. The lowest BCUT2D eigenvalue weighted by atomic mass is 10.2. The first-order chi connectivity index (χ1) is 8.31. The van der Waals surface area contributed by atoms with Crippen LogP contribution in [0.1, 0.15) is 31.7 Å². The highest BCUT2D eigenvalue weighted by Gasteiger charge is 2.21. The smallest absolute Gasteiger partial charge is 0.160 e. The number of pyridine rings is 1. The molecule has 90 valence electrons. The molecule has 0 atom stereocenters. The monoisotopic (exact) mass is 231 g/mol. The van der Waals surface area contributed by atoms with Crippen molar-refractivity contribution in [1.29, 1.82) is 0 Å². The Labute approximate surface area is 100 Å². The molecule has 2 aromatic rings. The fraction of sp³-hybridized carbons (Fsp3) is 0.500. The van der Waals surface area contributed by atoms with E-state index in [-0.39, 0.29) is 0 Å². The molecule has 3 N–H and O–H groups in total. The minimum absolute atomic E-state index is 0.508. The van der Waals surface area contributed by atoms with Gasteiger partial charge in [-0.2, -0.15) is 5.10 Å². The van der Waals surface area contributed by atoms with E-state index in [1.54, 1.807) is 6.20 Å². The Morgan fingerprint density at radius 3 is 2.82 bits per heavy atom. The van der Waals surface area contributed by atoms with Gasteiger partial charge in [-0.15, -0.1) is 0 Å². The molecular formula is C12H17N5. The number of nitrogen functional groups attached to an aromatic ring is 1.